The first-order chi connectivity index (χ1) is 11.5. The third-order valence-electron chi connectivity index (χ3n) is 3.77. The second-order valence-electron chi connectivity index (χ2n) is 6.94. The van der Waals surface area contributed by atoms with Gasteiger partial charge in [0.25, 0.3) is 5.91 Å². The van der Waals surface area contributed by atoms with Gasteiger partial charge in [-0.3, -0.25) is 9.59 Å². The highest BCUT2D eigenvalue weighted by Crippen LogP contribution is 2.35. The average molecular weight is 368 g/mol. The van der Waals surface area contributed by atoms with Crippen molar-refractivity contribution in [1.29, 1.82) is 0 Å². The van der Waals surface area contributed by atoms with Crippen LogP contribution in [0, 0.1) is 5.41 Å². The minimum atomic E-state index is -3.74. The van der Waals surface area contributed by atoms with Crippen LogP contribution >= 0.6 is 0 Å². The first kappa shape index (κ1) is 19.4. The van der Waals surface area contributed by atoms with Crippen molar-refractivity contribution >= 4 is 27.5 Å². The van der Waals surface area contributed by atoms with Crippen molar-refractivity contribution in [3.8, 4) is 0 Å². The van der Waals surface area contributed by atoms with Crippen molar-refractivity contribution in [3.63, 3.8) is 0 Å². The maximum absolute atomic E-state index is 12.4. The van der Waals surface area contributed by atoms with Gasteiger partial charge in [0.2, 0.25) is 15.9 Å². The Hall–Kier alpha value is -1.93. The van der Waals surface area contributed by atoms with E-state index in [9.17, 15) is 18.0 Å². The van der Waals surface area contributed by atoms with Crippen LogP contribution in [-0.2, 0) is 19.6 Å². The summed E-state index contributed by atoms with van der Waals surface area (Å²) in [6.07, 6.45) is 0.0787. The zero-order valence-electron chi connectivity index (χ0n) is 14.9. The quantitative estimate of drug-likeness (QED) is 0.769. The maximum Gasteiger partial charge on any atom is 0.251 e. The monoisotopic (exact) mass is 368 g/mol. The van der Waals surface area contributed by atoms with E-state index in [0.29, 0.717) is 13.2 Å². The van der Waals surface area contributed by atoms with Gasteiger partial charge in [-0.25, -0.2) is 12.7 Å². The van der Waals surface area contributed by atoms with Crippen LogP contribution in [0.2, 0.25) is 0 Å². The third-order valence-corrected chi connectivity index (χ3v) is 5.79. The molecule has 1 aliphatic rings. The molecule has 25 heavy (non-hydrogen) atoms. The second kappa shape index (κ2) is 7.13. The molecule has 0 aromatic heterocycles. The lowest BCUT2D eigenvalue weighted by atomic mass is 9.95. The zero-order chi connectivity index (χ0) is 18.8. The first-order valence-corrected chi connectivity index (χ1v) is 9.73. The number of nitrogens with zero attached hydrogens (tertiary/aromatic N) is 1. The molecule has 1 saturated heterocycles. The van der Waals surface area contributed by atoms with E-state index in [2.05, 4.69) is 5.32 Å². The molecular formula is C17H24N2O5S. The lowest BCUT2D eigenvalue weighted by Crippen LogP contribution is -2.33. The van der Waals surface area contributed by atoms with Crippen LogP contribution in [0.25, 0.3) is 0 Å². The highest BCUT2D eigenvalue weighted by Gasteiger charge is 2.49. The molecule has 0 atom stereocenters. The first-order valence-electron chi connectivity index (χ1n) is 8.12. The number of hydrogen-bond donors (Lipinski definition) is 1. The van der Waals surface area contributed by atoms with E-state index < -0.39 is 21.3 Å². The van der Waals surface area contributed by atoms with Crippen LogP contribution in [0.5, 0.6) is 0 Å². The summed E-state index contributed by atoms with van der Waals surface area (Å²) >= 11 is 0. The molecule has 0 aliphatic carbocycles. The molecular weight excluding hydrogens is 344 g/mol. The largest absolute Gasteiger partial charge is 0.377 e. The Kier molecular flexibility index (Phi) is 5.53. The Morgan fingerprint density at radius 2 is 2.04 bits per heavy atom. The Bertz CT molecular complexity index is 771. The number of ether oxygens (including phenoxy) is 1. The molecule has 0 bridgehead atoms. The maximum atomic E-state index is 12.4. The number of sulfonamides is 1. The van der Waals surface area contributed by atoms with Crippen molar-refractivity contribution in [2.75, 3.05) is 23.2 Å². The summed E-state index contributed by atoms with van der Waals surface area (Å²) in [6.45, 7) is 7.72. The Morgan fingerprint density at radius 1 is 1.36 bits per heavy atom. The van der Waals surface area contributed by atoms with Gasteiger partial charge in [0.05, 0.1) is 29.6 Å². The van der Waals surface area contributed by atoms with Crippen LogP contribution in [0.3, 0.4) is 0 Å². The van der Waals surface area contributed by atoms with Crippen molar-refractivity contribution in [1.82, 2.24) is 5.32 Å². The number of amides is 2. The number of hydrogen-bond acceptors (Lipinski definition) is 5. The van der Waals surface area contributed by atoms with Gasteiger partial charge in [-0.05, 0) is 45.9 Å². The number of benzene rings is 1. The molecule has 8 heteroatoms. The summed E-state index contributed by atoms with van der Waals surface area (Å²) in [5, 5.41) is 2.70. The van der Waals surface area contributed by atoms with E-state index in [0.717, 1.165) is 4.31 Å². The summed E-state index contributed by atoms with van der Waals surface area (Å²) < 4.78 is 30.8. The van der Waals surface area contributed by atoms with Crippen molar-refractivity contribution < 1.29 is 22.7 Å². The number of nitrogens with one attached hydrogen (secondary N) is 1. The van der Waals surface area contributed by atoms with Crippen molar-refractivity contribution in [2.45, 2.75) is 33.8 Å². The summed E-state index contributed by atoms with van der Waals surface area (Å²) in [7, 11) is -3.74. The molecule has 0 saturated carbocycles. The highest BCUT2D eigenvalue weighted by atomic mass is 32.2. The molecule has 0 unspecified atom stereocenters. The SMILES string of the molecule is CC(C)OCCNC(=O)c1cccc(N2C(=O)C(C)(C)CS2(=O)=O)c1. The minimum absolute atomic E-state index is 0.0787. The van der Waals surface area contributed by atoms with Crippen LogP contribution in [0.15, 0.2) is 24.3 Å². The normalized spacial score (nSPS) is 18.6. The fraction of sp³-hybridized carbons (Fsp3) is 0.529. The molecule has 1 aliphatic heterocycles. The summed E-state index contributed by atoms with van der Waals surface area (Å²) in [5.41, 5.74) is -0.512. The van der Waals surface area contributed by atoms with Crippen LogP contribution in [-0.4, -0.2) is 45.2 Å². The molecule has 1 aromatic rings. The van der Waals surface area contributed by atoms with Crippen molar-refractivity contribution in [2.24, 2.45) is 5.41 Å². The molecule has 2 amide bonds. The number of rotatable bonds is 6. The van der Waals surface area contributed by atoms with Gasteiger partial charge in [-0.2, -0.15) is 0 Å². The molecule has 1 N–H and O–H groups in total. The van der Waals surface area contributed by atoms with E-state index in [-0.39, 0.29) is 29.0 Å². The third kappa shape index (κ3) is 4.38. The van der Waals surface area contributed by atoms with Gasteiger partial charge in [0.15, 0.2) is 0 Å². The van der Waals surface area contributed by atoms with Gasteiger partial charge < -0.3 is 10.1 Å². The summed E-state index contributed by atoms with van der Waals surface area (Å²) in [6, 6.07) is 6.05. The summed E-state index contributed by atoms with van der Waals surface area (Å²) in [4.78, 5) is 24.6. The number of anilines is 1. The van der Waals surface area contributed by atoms with E-state index in [1.165, 1.54) is 12.1 Å². The molecule has 1 heterocycles. The molecule has 2 rings (SSSR count). The number of carbonyl (C=O) groups is 2. The predicted molar refractivity (Wildman–Crippen MR) is 94.9 cm³/mol. The van der Waals surface area contributed by atoms with Crippen molar-refractivity contribution in [3.05, 3.63) is 29.8 Å². The standard InChI is InChI=1S/C17H24N2O5S/c1-12(2)24-9-8-18-15(20)13-6-5-7-14(10-13)19-16(21)17(3,4)11-25(19,22)23/h5-7,10,12H,8-9,11H2,1-4H3,(H,18,20). The van der Waals surface area contributed by atoms with E-state index in [1.807, 2.05) is 13.8 Å². The second-order valence-corrected chi connectivity index (χ2v) is 8.75. The molecule has 0 radical (unpaired) electrons. The topological polar surface area (TPSA) is 92.8 Å². The van der Waals surface area contributed by atoms with Crippen LogP contribution in [0.1, 0.15) is 38.1 Å². The van der Waals surface area contributed by atoms with Gasteiger partial charge in [0.1, 0.15) is 0 Å². The van der Waals surface area contributed by atoms with Gasteiger partial charge in [-0.15, -0.1) is 0 Å². The Morgan fingerprint density at radius 3 is 2.60 bits per heavy atom. The fourth-order valence-electron chi connectivity index (χ4n) is 2.60. The molecule has 7 nitrogen and oxygen atoms in total. The van der Waals surface area contributed by atoms with Crippen LogP contribution < -0.4 is 9.62 Å². The predicted octanol–water partition coefficient (Wildman–Crippen LogP) is 1.54. The molecule has 138 valence electrons. The van der Waals surface area contributed by atoms with E-state index in [4.69, 9.17) is 4.74 Å². The lowest BCUT2D eigenvalue weighted by Gasteiger charge is -2.18. The smallest absolute Gasteiger partial charge is 0.251 e. The zero-order valence-corrected chi connectivity index (χ0v) is 15.7. The van der Waals surface area contributed by atoms with E-state index in [1.54, 1.807) is 26.0 Å². The van der Waals surface area contributed by atoms with Gasteiger partial charge >= 0.3 is 0 Å². The van der Waals surface area contributed by atoms with Gasteiger partial charge in [-0.1, -0.05) is 6.07 Å². The van der Waals surface area contributed by atoms with E-state index >= 15 is 0 Å². The highest BCUT2D eigenvalue weighted by molar-refractivity contribution is 7.94. The average Bonchev–Trinajstić information content (AvgIpc) is 2.66. The molecule has 1 aromatic carbocycles. The molecule has 1 fully saturated rings. The number of carbonyl (C=O) groups excluding carboxylic acids is 2. The van der Waals surface area contributed by atoms with Gasteiger partial charge in [0, 0.05) is 12.1 Å². The summed E-state index contributed by atoms with van der Waals surface area (Å²) in [5.74, 6) is -1.09. The molecule has 0 spiro atoms. The fourth-order valence-corrected chi connectivity index (χ4v) is 4.70. The minimum Gasteiger partial charge on any atom is -0.377 e. The lowest BCUT2D eigenvalue weighted by molar-refractivity contribution is -0.123. The Balaban J connectivity index is 2.16. The van der Waals surface area contributed by atoms with Crippen LogP contribution in [0.4, 0.5) is 5.69 Å². The Labute approximate surface area is 148 Å².